The summed E-state index contributed by atoms with van der Waals surface area (Å²) in [7, 11) is 0. The third-order valence-corrected chi connectivity index (χ3v) is 1.62. The van der Waals surface area contributed by atoms with Gasteiger partial charge in [0.25, 0.3) is 0 Å². The van der Waals surface area contributed by atoms with Crippen LogP contribution >= 0.6 is 15.9 Å². The van der Waals surface area contributed by atoms with E-state index in [1.165, 1.54) is 4.68 Å². The second-order valence-electron chi connectivity index (χ2n) is 2.07. The second-order valence-corrected chi connectivity index (χ2v) is 2.88. The van der Waals surface area contributed by atoms with Crippen LogP contribution in [0.2, 0.25) is 0 Å². The molecule has 0 aliphatic heterocycles. The van der Waals surface area contributed by atoms with Crippen LogP contribution in [0.1, 0.15) is 0 Å². The molecule has 0 saturated heterocycles. The molecule has 0 bridgehead atoms. The average Bonchev–Trinajstić information content (AvgIpc) is 2.54. The molecule has 2 aromatic rings. The van der Waals surface area contributed by atoms with Crippen LogP contribution in [-0.2, 0) is 0 Å². The first kappa shape index (κ1) is 7.35. The Morgan fingerprint density at radius 2 is 2.25 bits per heavy atom. The molecule has 0 saturated carbocycles. The summed E-state index contributed by atoms with van der Waals surface area (Å²) >= 11 is 3.19. The van der Waals surface area contributed by atoms with E-state index >= 15 is 0 Å². The van der Waals surface area contributed by atoms with Crippen LogP contribution in [-0.4, -0.2) is 25.2 Å². The first-order valence-electron chi connectivity index (χ1n) is 3.22. The van der Waals surface area contributed by atoms with Crippen molar-refractivity contribution in [3.8, 4) is 5.82 Å². The smallest absolute Gasteiger partial charge is 0.177 e. The molecular weight excluding hydrogens is 222 g/mol. The van der Waals surface area contributed by atoms with Gasteiger partial charge in [0.05, 0.1) is 6.20 Å². The molecule has 0 atom stereocenters. The molecule has 12 heavy (non-hydrogen) atoms. The third-order valence-electron chi connectivity index (χ3n) is 1.26. The Morgan fingerprint density at radius 3 is 2.83 bits per heavy atom. The Hall–Kier alpha value is -1.30. The Kier molecular flexibility index (Phi) is 1.83. The van der Waals surface area contributed by atoms with Crippen molar-refractivity contribution in [3.63, 3.8) is 0 Å². The highest BCUT2D eigenvalue weighted by Crippen LogP contribution is 2.05. The lowest BCUT2D eigenvalue weighted by molar-refractivity contribution is 0.761. The molecule has 0 N–H and O–H groups in total. The van der Waals surface area contributed by atoms with Crippen molar-refractivity contribution < 1.29 is 0 Å². The monoisotopic (exact) mass is 225 g/mol. The largest absolute Gasteiger partial charge is 0.199 e. The molecule has 0 aromatic carbocycles. The van der Waals surface area contributed by atoms with Crippen LogP contribution in [0.15, 0.2) is 29.1 Å². The van der Waals surface area contributed by atoms with Crippen molar-refractivity contribution in [3.05, 3.63) is 29.1 Å². The van der Waals surface area contributed by atoms with Crippen molar-refractivity contribution in [2.24, 2.45) is 0 Å². The molecule has 60 valence electrons. The summed E-state index contributed by atoms with van der Waals surface area (Å²) in [5, 5.41) is 15.1. The normalized spacial score (nSPS) is 10.1. The maximum Gasteiger partial charge on any atom is 0.177 e. The summed E-state index contributed by atoms with van der Waals surface area (Å²) in [6, 6.07) is 3.59. The van der Waals surface area contributed by atoms with Crippen molar-refractivity contribution in [2.75, 3.05) is 0 Å². The number of hydrogen-bond donors (Lipinski definition) is 0. The summed E-state index contributed by atoms with van der Waals surface area (Å²) in [5.74, 6) is 0.649. The lowest BCUT2D eigenvalue weighted by Gasteiger charge is -1.93. The van der Waals surface area contributed by atoms with E-state index in [1.54, 1.807) is 24.5 Å². The summed E-state index contributed by atoms with van der Waals surface area (Å²) in [4.78, 5) is 0. The Morgan fingerprint density at radius 1 is 1.33 bits per heavy atom. The predicted molar refractivity (Wildman–Crippen MR) is 44.6 cm³/mol. The molecule has 0 aliphatic carbocycles. The maximum absolute atomic E-state index is 3.85. The first-order valence-corrected chi connectivity index (χ1v) is 4.01. The molecule has 5 nitrogen and oxygen atoms in total. The molecule has 0 amide bonds. The Bertz CT molecular complexity index is 370. The third kappa shape index (κ3) is 1.33. The molecule has 2 heterocycles. The molecule has 0 radical (unpaired) electrons. The van der Waals surface area contributed by atoms with Crippen LogP contribution in [0.4, 0.5) is 0 Å². The fourth-order valence-corrected chi connectivity index (χ4v) is 1.04. The summed E-state index contributed by atoms with van der Waals surface area (Å²) in [5.41, 5.74) is 0. The number of rotatable bonds is 1. The highest BCUT2D eigenvalue weighted by atomic mass is 79.9. The van der Waals surface area contributed by atoms with Crippen molar-refractivity contribution in [1.82, 2.24) is 25.2 Å². The van der Waals surface area contributed by atoms with Gasteiger partial charge in [-0.15, -0.1) is 10.2 Å². The van der Waals surface area contributed by atoms with Crippen molar-refractivity contribution in [2.45, 2.75) is 0 Å². The molecule has 0 aliphatic rings. The van der Waals surface area contributed by atoms with E-state index in [0.717, 1.165) is 0 Å². The van der Waals surface area contributed by atoms with Crippen LogP contribution in [0.3, 0.4) is 0 Å². The van der Waals surface area contributed by atoms with Gasteiger partial charge in [-0.25, -0.2) is 0 Å². The van der Waals surface area contributed by atoms with Crippen LogP contribution in [0, 0.1) is 0 Å². The first-order chi connectivity index (χ1) is 5.86. The van der Waals surface area contributed by atoms with E-state index in [9.17, 15) is 0 Å². The van der Waals surface area contributed by atoms with E-state index < -0.39 is 0 Å². The summed E-state index contributed by atoms with van der Waals surface area (Å²) in [6.07, 6.45) is 3.32. The summed E-state index contributed by atoms with van der Waals surface area (Å²) < 4.78 is 2.21. The maximum atomic E-state index is 3.85. The van der Waals surface area contributed by atoms with E-state index in [0.29, 0.717) is 10.4 Å². The van der Waals surface area contributed by atoms with Gasteiger partial charge in [-0.3, -0.25) is 0 Å². The van der Waals surface area contributed by atoms with E-state index in [1.807, 2.05) is 0 Å². The number of hydrogen-bond acceptors (Lipinski definition) is 4. The highest BCUT2D eigenvalue weighted by Gasteiger charge is 1.99. The average molecular weight is 226 g/mol. The fourth-order valence-electron chi connectivity index (χ4n) is 0.771. The van der Waals surface area contributed by atoms with Crippen LogP contribution < -0.4 is 0 Å². The quantitative estimate of drug-likeness (QED) is 0.722. The summed E-state index contributed by atoms with van der Waals surface area (Å²) in [6.45, 7) is 0. The van der Waals surface area contributed by atoms with E-state index in [4.69, 9.17) is 0 Å². The molecule has 2 rings (SSSR count). The topological polar surface area (TPSA) is 56.5 Å². The van der Waals surface area contributed by atoms with Gasteiger partial charge in [-0.05, 0) is 28.1 Å². The SMILES string of the molecule is Brc1cn(-c2cccnn2)nn1. The van der Waals surface area contributed by atoms with Gasteiger partial charge in [0.15, 0.2) is 5.82 Å². The predicted octanol–water partition coefficient (Wildman–Crippen LogP) is 0.820. The molecular formula is C6H4BrN5. The zero-order valence-corrected chi connectivity index (χ0v) is 7.51. The molecule has 6 heteroatoms. The minimum absolute atomic E-state index is 0.649. The number of nitrogens with zero attached hydrogens (tertiary/aromatic N) is 5. The lowest BCUT2D eigenvalue weighted by Crippen LogP contribution is -1.98. The van der Waals surface area contributed by atoms with Gasteiger partial charge in [0.1, 0.15) is 4.60 Å². The van der Waals surface area contributed by atoms with Crippen molar-refractivity contribution >= 4 is 15.9 Å². The van der Waals surface area contributed by atoms with Gasteiger partial charge in [-0.1, -0.05) is 5.21 Å². The van der Waals surface area contributed by atoms with Gasteiger partial charge >= 0.3 is 0 Å². The second kappa shape index (κ2) is 2.98. The lowest BCUT2D eigenvalue weighted by atomic mass is 10.5. The van der Waals surface area contributed by atoms with E-state index in [-0.39, 0.29) is 0 Å². The van der Waals surface area contributed by atoms with Gasteiger partial charge in [0, 0.05) is 6.20 Å². The Labute approximate surface area is 76.6 Å². The van der Waals surface area contributed by atoms with Gasteiger partial charge in [-0.2, -0.15) is 9.78 Å². The minimum atomic E-state index is 0.649. The number of halogens is 1. The number of aromatic nitrogens is 5. The van der Waals surface area contributed by atoms with E-state index in [2.05, 4.69) is 36.4 Å². The van der Waals surface area contributed by atoms with Crippen molar-refractivity contribution in [1.29, 1.82) is 0 Å². The molecule has 0 fully saturated rings. The van der Waals surface area contributed by atoms with Crippen LogP contribution in [0.5, 0.6) is 0 Å². The van der Waals surface area contributed by atoms with Gasteiger partial charge < -0.3 is 0 Å². The molecule has 2 aromatic heterocycles. The molecule has 0 spiro atoms. The zero-order chi connectivity index (χ0) is 8.39. The highest BCUT2D eigenvalue weighted by molar-refractivity contribution is 9.10. The Balaban J connectivity index is 2.45. The van der Waals surface area contributed by atoms with Gasteiger partial charge in [0.2, 0.25) is 0 Å². The standard InChI is InChI=1S/C6H4BrN5/c7-5-4-12(11-9-5)6-2-1-3-8-10-6/h1-4H. The van der Waals surface area contributed by atoms with Crippen LogP contribution in [0.25, 0.3) is 5.82 Å². The minimum Gasteiger partial charge on any atom is -0.199 e. The molecule has 0 unspecified atom stereocenters. The fraction of sp³-hybridized carbons (Fsp3) is 0. The zero-order valence-electron chi connectivity index (χ0n) is 5.92.